The first-order valence-corrected chi connectivity index (χ1v) is 7.72. The van der Waals surface area contributed by atoms with Crippen molar-refractivity contribution in [3.8, 4) is 0 Å². The zero-order valence-corrected chi connectivity index (χ0v) is 11.7. The van der Waals surface area contributed by atoms with E-state index in [1.807, 2.05) is 11.8 Å². The zero-order valence-electron chi connectivity index (χ0n) is 10.1. The maximum Gasteiger partial charge on any atom is 0.224 e. The zero-order chi connectivity index (χ0) is 12.4. The molecule has 6 heteroatoms. The highest BCUT2D eigenvalue weighted by atomic mass is 35.5. The number of nitrogens with zero attached hydrogens (tertiary/aromatic N) is 3. The van der Waals surface area contributed by atoms with Crippen LogP contribution in [-0.2, 0) is 10.5 Å². The van der Waals surface area contributed by atoms with Gasteiger partial charge in [0.1, 0.15) is 5.82 Å². The summed E-state index contributed by atoms with van der Waals surface area (Å²) in [6.45, 7) is 3.27. The Kier molecular flexibility index (Phi) is 3.91. The smallest absolute Gasteiger partial charge is 0.224 e. The lowest BCUT2D eigenvalue weighted by Crippen LogP contribution is -2.36. The van der Waals surface area contributed by atoms with E-state index in [9.17, 15) is 0 Å². The largest absolute Gasteiger partial charge is 0.378 e. The van der Waals surface area contributed by atoms with Crippen molar-refractivity contribution in [2.75, 3.05) is 31.2 Å². The van der Waals surface area contributed by atoms with Crippen molar-refractivity contribution in [2.24, 2.45) is 0 Å². The number of rotatable bonds is 4. The van der Waals surface area contributed by atoms with Gasteiger partial charge in [-0.1, -0.05) is 0 Å². The van der Waals surface area contributed by atoms with Gasteiger partial charge in [0.2, 0.25) is 5.28 Å². The molecule has 2 fully saturated rings. The Hall–Kier alpha value is -0.520. The number of thioether (sulfide) groups is 1. The lowest BCUT2D eigenvalue weighted by Gasteiger charge is -2.28. The van der Waals surface area contributed by atoms with E-state index < -0.39 is 0 Å². The number of halogens is 1. The third kappa shape index (κ3) is 3.28. The maximum atomic E-state index is 6.01. The van der Waals surface area contributed by atoms with Gasteiger partial charge in [0, 0.05) is 30.2 Å². The van der Waals surface area contributed by atoms with Crippen LogP contribution in [0, 0.1) is 0 Å². The molecule has 1 aromatic heterocycles. The molecule has 2 aliphatic rings. The van der Waals surface area contributed by atoms with Gasteiger partial charge in [-0.2, -0.15) is 11.8 Å². The lowest BCUT2D eigenvalue weighted by atomic mass is 10.3. The molecule has 0 aromatic carbocycles. The van der Waals surface area contributed by atoms with Crippen molar-refractivity contribution >= 4 is 29.2 Å². The highest BCUT2D eigenvalue weighted by Crippen LogP contribution is 2.36. The molecule has 1 saturated carbocycles. The van der Waals surface area contributed by atoms with Gasteiger partial charge >= 0.3 is 0 Å². The van der Waals surface area contributed by atoms with Crippen molar-refractivity contribution in [3.63, 3.8) is 0 Å². The van der Waals surface area contributed by atoms with Crippen molar-refractivity contribution in [3.05, 3.63) is 17.0 Å². The van der Waals surface area contributed by atoms with Crippen molar-refractivity contribution < 1.29 is 4.74 Å². The van der Waals surface area contributed by atoms with Gasteiger partial charge in [-0.25, -0.2) is 9.97 Å². The quantitative estimate of drug-likeness (QED) is 0.794. The molecule has 18 heavy (non-hydrogen) atoms. The summed E-state index contributed by atoms with van der Waals surface area (Å²) < 4.78 is 5.35. The molecule has 2 heterocycles. The first-order valence-electron chi connectivity index (χ1n) is 6.29. The number of morpholine rings is 1. The van der Waals surface area contributed by atoms with Gasteiger partial charge in [-0.05, 0) is 24.4 Å². The predicted octanol–water partition coefficient (Wildman–Crippen LogP) is 2.36. The Labute approximate surface area is 116 Å². The summed E-state index contributed by atoms with van der Waals surface area (Å²) in [6.07, 6.45) is 2.69. The average molecular weight is 286 g/mol. The summed E-state index contributed by atoms with van der Waals surface area (Å²) >= 11 is 7.98. The molecule has 0 atom stereocenters. The van der Waals surface area contributed by atoms with E-state index in [4.69, 9.17) is 16.3 Å². The van der Waals surface area contributed by atoms with Gasteiger partial charge in [0.25, 0.3) is 0 Å². The van der Waals surface area contributed by atoms with Crippen LogP contribution in [0.25, 0.3) is 0 Å². The fourth-order valence-corrected chi connectivity index (χ4v) is 3.14. The van der Waals surface area contributed by atoms with Crippen LogP contribution in [0.2, 0.25) is 5.28 Å². The minimum atomic E-state index is 0.352. The van der Waals surface area contributed by atoms with Crippen LogP contribution in [0.15, 0.2) is 6.07 Å². The van der Waals surface area contributed by atoms with Gasteiger partial charge < -0.3 is 9.64 Å². The van der Waals surface area contributed by atoms with Crippen LogP contribution in [0.4, 0.5) is 5.82 Å². The Morgan fingerprint density at radius 1 is 1.33 bits per heavy atom. The van der Waals surface area contributed by atoms with Gasteiger partial charge in [-0.3, -0.25) is 0 Å². The molecule has 0 spiro atoms. The maximum absolute atomic E-state index is 6.01. The number of hydrogen-bond donors (Lipinski definition) is 0. The normalized spacial score (nSPS) is 20.2. The summed E-state index contributed by atoms with van der Waals surface area (Å²) in [7, 11) is 0. The van der Waals surface area contributed by atoms with Gasteiger partial charge in [-0.15, -0.1) is 0 Å². The third-order valence-corrected chi connectivity index (χ3v) is 4.64. The molecule has 1 saturated heterocycles. The SMILES string of the molecule is Clc1nc(CSC2CC2)cc(N2CCOCC2)n1. The fraction of sp³-hybridized carbons (Fsp3) is 0.667. The Balaban J connectivity index is 1.71. The molecule has 0 bridgehead atoms. The minimum Gasteiger partial charge on any atom is -0.378 e. The highest BCUT2D eigenvalue weighted by molar-refractivity contribution is 7.99. The lowest BCUT2D eigenvalue weighted by molar-refractivity contribution is 0.122. The summed E-state index contributed by atoms with van der Waals surface area (Å²) in [6, 6.07) is 2.06. The number of ether oxygens (including phenoxy) is 1. The molecule has 1 aromatic rings. The Morgan fingerprint density at radius 2 is 2.11 bits per heavy atom. The Morgan fingerprint density at radius 3 is 2.83 bits per heavy atom. The highest BCUT2D eigenvalue weighted by Gasteiger charge is 2.22. The van der Waals surface area contributed by atoms with Crippen LogP contribution in [-0.4, -0.2) is 41.5 Å². The van der Waals surface area contributed by atoms with E-state index >= 15 is 0 Å². The van der Waals surface area contributed by atoms with Crippen molar-refractivity contribution in [2.45, 2.75) is 23.8 Å². The van der Waals surface area contributed by atoms with Crippen LogP contribution < -0.4 is 4.90 Å². The second-order valence-corrected chi connectivity index (χ2v) is 6.22. The monoisotopic (exact) mass is 285 g/mol. The fourth-order valence-electron chi connectivity index (χ4n) is 1.92. The number of anilines is 1. The number of aromatic nitrogens is 2. The average Bonchev–Trinajstić information content (AvgIpc) is 3.21. The van der Waals surface area contributed by atoms with Crippen LogP contribution >= 0.6 is 23.4 Å². The molecular weight excluding hydrogens is 270 g/mol. The van der Waals surface area contributed by atoms with Crippen LogP contribution in [0.3, 0.4) is 0 Å². The molecule has 3 rings (SSSR count). The van der Waals surface area contributed by atoms with E-state index in [1.54, 1.807) is 0 Å². The summed E-state index contributed by atoms with van der Waals surface area (Å²) in [4.78, 5) is 10.8. The van der Waals surface area contributed by atoms with E-state index in [2.05, 4.69) is 20.9 Å². The second kappa shape index (κ2) is 5.63. The third-order valence-electron chi connectivity index (χ3n) is 3.06. The molecular formula is C12H16ClN3OS. The molecule has 0 radical (unpaired) electrons. The second-order valence-electron chi connectivity index (χ2n) is 4.60. The molecule has 0 unspecified atom stereocenters. The van der Waals surface area contributed by atoms with E-state index in [-0.39, 0.29) is 0 Å². The van der Waals surface area contributed by atoms with Crippen LogP contribution in [0.5, 0.6) is 0 Å². The predicted molar refractivity (Wildman–Crippen MR) is 74.4 cm³/mol. The minimum absolute atomic E-state index is 0.352. The van der Waals surface area contributed by atoms with E-state index in [0.717, 1.165) is 48.8 Å². The topological polar surface area (TPSA) is 38.2 Å². The molecule has 1 aliphatic carbocycles. The van der Waals surface area contributed by atoms with E-state index in [1.165, 1.54) is 12.8 Å². The first-order chi connectivity index (χ1) is 8.81. The van der Waals surface area contributed by atoms with Crippen molar-refractivity contribution in [1.29, 1.82) is 0 Å². The molecule has 0 N–H and O–H groups in total. The number of hydrogen-bond acceptors (Lipinski definition) is 5. The van der Waals surface area contributed by atoms with Gasteiger partial charge in [0.05, 0.1) is 18.9 Å². The summed E-state index contributed by atoms with van der Waals surface area (Å²) in [5, 5.41) is 1.19. The molecule has 4 nitrogen and oxygen atoms in total. The summed E-state index contributed by atoms with van der Waals surface area (Å²) in [5.41, 5.74) is 1.04. The summed E-state index contributed by atoms with van der Waals surface area (Å²) in [5.74, 6) is 1.87. The Bertz CT molecular complexity index is 422. The van der Waals surface area contributed by atoms with Crippen molar-refractivity contribution in [1.82, 2.24) is 9.97 Å². The first kappa shape index (κ1) is 12.5. The molecule has 98 valence electrons. The van der Waals surface area contributed by atoms with Crippen LogP contribution in [0.1, 0.15) is 18.5 Å². The standard InChI is InChI=1S/C12H16ClN3OS/c13-12-14-9(8-18-10-1-2-10)7-11(15-12)16-3-5-17-6-4-16/h7,10H,1-6,8H2. The van der Waals surface area contributed by atoms with Gasteiger partial charge in [0.15, 0.2) is 0 Å². The van der Waals surface area contributed by atoms with E-state index in [0.29, 0.717) is 5.28 Å². The molecule has 0 amide bonds. The molecule has 1 aliphatic heterocycles.